The number of methoxy groups -OCH3 is 1. The first-order valence-corrected chi connectivity index (χ1v) is 7.31. The van der Waals surface area contributed by atoms with Crippen LogP contribution in [-0.2, 0) is 11.8 Å². The van der Waals surface area contributed by atoms with E-state index in [4.69, 9.17) is 9.47 Å². The molecule has 1 amide bonds. The molecule has 6 heteroatoms. The summed E-state index contributed by atoms with van der Waals surface area (Å²) < 4.78 is 12.6. The van der Waals surface area contributed by atoms with Crippen molar-refractivity contribution >= 4 is 17.8 Å². The summed E-state index contributed by atoms with van der Waals surface area (Å²) in [6.07, 6.45) is 4.98. The normalized spacial score (nSPS) is 11.0. The molecule has 0 aliphatic heterocycles. The van der Waals surface area contributed by atoms with E-state index >= 15 is 0 Å². The molecule has 1 N–H and O–H groups in total. The van der Waals surface area contributed by atoms with E-state index < -0.39 is 0 Å². The van der Waals surface area contributed by atoms with Gasteiger partial charge in [0.1, 0.15) is 0 Å². The van der Waals surface area contributed by atoms with Crippen molar-refractivity contribution in [3.8, 4) is 11.5 Å². The van der Waals surface area contributed by atoms with Gasteiger partial charge in [-0.15, -0.1) is 0 Å². The molecule has 1 heterocycles. The Morgan fingerprint density at radius 1 is 1.30 bits per heavy atom. The quantitative estimate of drug-likeness (QED) is 0.833. The summed E-state index contributed by atoms with van der Waals surface area (Å²) in [5.41, 5.74) is 0.842. The van der Waals surface area contributed by atoms with Gasteiger partial charge in [-0.2, -0.15) is 5.10 Å². The fourth-order valence-corrected chi connectivity index (χ4v) is 1.96. The van der Waals surface area contributed by atoms with Crippen molar-refractivity contribution in [2.75, 3.05) is 12.4 Å². The minimum absolute atomic E-state index is 0.0643. The lowest BCUT2D eigenvalue weighted by molar-refractivity contribution is -0.111. The van der Waals surface area contributed by atoms with Crippen LogP contribution in [0.4, 0.5) is 5.82 Å². The molecule has 0 atom stereocenters. The van der Waals surface area contributed by atoms with Crippen LogP contribution in [0.3, 0.4) is 0 Å². The third-order valence-electron chi connectivity index (χ3n) is 2.94. The third kappa shape index (κ3) is 4.88. The molecule has 2 aromatic rings. The number of anilines is 1. The van der Waals surface area contributed by atoms with Gasteiger partial charge in [-0.05, 0) is 37.6 Å². The van der Waals surface area contributed by atoms with Crippen LogP contribution in [0.2, 0.25) is 0 Å². The predicted molar refractivity (Wildman–Crippen MR) is 89.6 cm³/mol. The maximum atomic E-state index is 11.9. The number of nitrogens with one attached hydrogen (secondary N) is 1. The van der Waals surface area contributed by atoms with Crippen LogP contribution in [0.15, 0.2) is 36.5 Å². The minimum Gasteiger partial charge on any atom is -0.493 e. The van der Waals surface area contributed by atoms with E-state index in [-0.39, 0.29) is 12.0 Å². The number of carbonyl (C=O) groups excluding carboxylic acids is 1. The molecule has 1 aromatic carbocycles. The summed E-state index contributed by atoms with van der Waals surface area (Å²) in [4.78, 5) is 11.9. The smallest absolute Gasteiger partial charge is 0.249 e. The molecule has 0 spiro atoms. The average molecular weight is 315 g/mol. The zero-order valence-corrected chi connectivity index (χ0v) is 13.7. The van der Waals surface area contributed by atoms with Crippen LogP contribution >= 0.6 is 0 Å². The zero-order chi connectivity index (χ0) is 16.8. The van der Waals surface area contributed by atoms with E-state index in [1.54, 1.807) is 37.2 Å². The summed E-state index contributed by atoms with van der Waals surface area (Å²) in [6, 6.07) is 7.25. The maximum Gasteiger partial charge on any atom is 0.249 e. The second-order valence-corrected chi connectivity index (χ2v) is 5.27. The first-order chi connectivity index (χ1) is 11.0. The van der Waals surface area contributed by atoms with Crippen LogP contribution < -0.4 is 14.8 Å². The van der Waals surface area contributed by atoms with E-state index in [9.17, 15) is 4.79 Å². The highest BCUT2D eigenvalue weighted by Crippen LogP contribution is 2.29. The van der Waals surface area contributed by atoms with Gasteiger partial charge >= 0.3 is 0 Å². The van der Waals surface area contributed by atoms with Crippen LogP contribution in [0.25, 0.3) is 6.08 Å². The van der Waals surface area contributed by atoms with E-state index in [0.717, 1.165) is 5.56 Å². The Kier molecular flexibility index (Phi) is 5.41. The number of carbonyl (C=O) groups is 1. The first-order valence-electron chi connectivity index (χ1n) is 7.31. The maximum absolute atomic E-state index is 11.9. The van der Waals surface area contributed by atoms with Crippen molar-refractivity contribution in [2.24, 2.45) is 7.05 Å². The fourth-order valence-electron chi connectivity index (χ4n) is 1.96. The van der Waals surface area contributed by atoms with Gasteiger partial charge < -0.3 is 14.8 Å². The lowest BCUT2D eigenvalue weighted by atomic mass is 10.2. The molecular formula is C17H21N3O3. The molecule has 0 saturated heterocycles. The average Bonchev–Trinajstić information content (AvgIpc) is 2.90. The molecule has 2 rings (SSSR count). The number of ether oxygens (including phenoxy) is 2. The summed E-state index contributed by atoms with van der Waals surface area (Å²) in [7, 11) is 3.38. The standard InChI is InChI=1S/C17H21N3O3/c1-12(2)23-14-7-5-13(11-15(14)22-4)6-8-17(21)18-16-9-10-20(3)19-16/h5-12H,1-4H3,(H,18,19,21)/b8-6+. The largest absolute Gasteiger partial charge is 0.493 e. The number of hydrogen-bond acceptors (Lipinski definition) is 4. The number of aryl methyl sites for hydroxylation is 1. The van der Waals surface area contributed by atoms with Gasteiger partial charge in [-0.3, -0.25) is 9.48 Å². The van der Waals surface area contributed by atoms with Gasteiger partial charge in [0.05, 0.1) is 13.2 Å². The van der Waals surface area contributed by atoms with Crippen LogP contribution in [0, 0.1) is 0 Å². The second-order valence-electron chi connectivity index (χ2n) is 5.27. The van der Waals surface area contributed by atoms with Gasteiger partial charge in [0.2, 0.25) is 5.91 Å². The number of benzene rings is 1. The Labute approximate surface area is 135 Å². The van der Waals surface area contributed by atoms with Crippen LogP contribution in [0.1, 0.15) is 19.4 Å². The van der Waals surface area contributed by atoms with Crippen molar-refractivity contribution in [1.29, 1.82) is 0 Å². The molecule has 0 radical (unpaired) electrons. The van der Waals surface area contributed by atoms with Crippen molar-refractivity contribution in [3.05, 3.63) is 42.1 Å². The first kappa shape index (κ1) is 16.6. The van der Waals surface area contributed by atoms with Crippen LogP contribution in [0.5, 0.6) is 11.5 Å². The molecular weight excluding hydrogens is 294 g/mol. The lowest BCUT2D eigenvalue weighted by Gasteiger charge is -2.13. The topological polar surface area (TPSA) is 65.4 Å². The SMILES string of the molecule is COc1cc(/C=C/C(=O)Nc2ccn(C)n2)ccc1OC(C)C. The summed E-state index contributed by atoms with van der Waals surface area (Å²) in [5, 5.41) is 6.77. The van der Waals surface area contributed by atoms with Crippen molar-refractivity contribution < 1.29 is 14.3 Å². The Morgan fingerprint density at radius 3 is 2.70 bits per heavy atom. The van der Waals surface area contributed by atoms with Crippen molar-refractivity contribution in [1.82, 2.24) is 9.78 Å². The van der Waals surface area contributed by atoms with Gasteiger partial charge in [-0.1, -0.05) is 6.07 Å². The lowest BCUT2D eigenvalue weighted by Crippen LogP contribution is -2.08. The molecule has 0 unspecified atom stereocenters. The number of hydrogen-bond donors (Lipinski definition) is 1. The molecule has 1 aromatic heterocycles. The molecule has 0 aliphatic rings. The van der Waals surface area contributed by atoms with E-state index in [0.29, 0.717) is 17.3 Å². The van der Waals surface area contributed by atoms with Gasteiger partial charge in [0.15, 0.2) is 17.3 Å². The summed E-state index contributed by atoms with van der Waals surface area (Å²) >= 11 is 0. The Morgan fingerprint density at radius 2 is 2.09 bits per heavy atom. The zero-order valence-electron chi connectivity index (χ0n) is 13.7. The number of amides is 1. The van der Waals surface area contributed by atoms with Gasteiger partial charge in [0, 0.05) is 25.4 Å². The second kappa shape index (κ2) is 7.49. The molecule has 23 heavy (non-hydrogen) atoms. The Bertz CT molecular complexity index is 705. The highest BCUT2D eigenvalue weighted by Gasteiger charge is 2.07. The third-order valence-corrected chi connectivity index (χ3v) is 2.94. The number of aromatic nitrogens is 2. The fraction of sp³-hybridized carbons (Fsp3) is 0.294. The highest BCUT2D eigenvalue weighted by molar-refractivity contribution is 6.01. The van der Waals surface area contributed by atoms with Crippen molar-refractivity contribution in [2.45, 2.75) is 20.0 Å². The molecule has 122 valence electrons. The van der Waals surface area contributed by atoms with Crippen molar-refractivity contribution in [3.63, 3.8) is 0 Å². The molecule has 0 fully saturated rings. The Balaban J connectivity index is 2.05. The molecule has 0 bridgehead atoms. The van der Waals surface area contributed by atoms with Gasteiger partial charge in [-0.25, -0.2) is 0 Å². The van der Waals surface area contributed by atoms with E-state index in [1.807, 2.05) is 32.0 Å². The summed E-state index contributed by atoms with van der Waals surface area (Å²) in [6.45, 7) is 3.91. The van der Waals surface area contributed by atoms with E-state index in [1.165, 1.54) is 6.08 Å². The van der Waals surface area contributed by atoms with Crippen LogP contribution in [-0.4, -0.2) is 28.9 Å². The minimum atomic E-state index is -0.245. The number of rotatable bonds is 6. The number of nitrogens with zero attached hydrogens (tertiary/aromatic N) is 2. The monoisotopic (exact) mass is 315 g/mol. The summed E-state index contributed by atoms with van der Waals surface area (Å²) in [5.74, 6) is 1.58. The molecule has 0 saturated carbocycles. The Hall–Kier alpha value is -2.76. The predicted octanol–water partition coefficient (Wildman–Crippen LogP) is 2.87. The molecule has 6 nitrogen and oxygen atoms in total. The van der Waals surface area contributed by atoms with Gasteiger partial charge in [0.25, 0.3) is 0 Å². The molecule has 0 aliphatic carbocycles. The van der Waals surface area contributed by atoms with E-state index in [2.05, 4.69) is 10.4 Å². The highest BCUT2D eigenvalue weighted by atomic mass is 16.5.